The highest BCUT2D eigenvalue weighted by atomic mass is 19.1. The first-order valence-electron chi connectivity index (χ1n) is 26.1. The van der Waals surface area contributed by atoms with Crippen LogP contribution in [0.4, 0.5) is 20.4 Å². The van der Waals surface area contributed by atoms with Gasteiger partial charge in [-0.15, -0.1) is 0 Å². The van der Waals surface area contributed by atoms with Crippen LogP contribution in [0, 0.1) is 11.6 Å². The summed E-state index contributed by atoms with van der Waals surface area (Å²) < 4.78 is 45.6. The highest BCUT2D eigenvalue weighted by Crippen LogP contribution is 2.40. The van der Waals surface area contributed by atoms with Crippen LogP contribution in [-0.2, 0) is 0 Å². The van der Waals surface area contributed by atoms with E-state index in [9.17, 15) is 0 Å². The molecule has 0 radical (unpaired) electrons. The number of nitrogens with zero attached hydrogens (tertiary/aromatic N) is 9. The number of aromatic nitrogens is 8. The number of halogens is 2. The Morgan fingerprint density at radius 1 is 0.568 bits per heavy atom. The maximum atomic E-state index is 15.4. The number of fused-ring (bicyclic) bond motifs is 2. The molecule has 16 nitrogen and oxygen atoms in total. The van der Waals surface area contributed by atoms with Crippen molar-refractivity contribution in [2.75, 3.05) is 50.7 Å². The van der Waals surface area contributed by atoms with Crippen LogP contribution < -0.4 is 36.9 Å². The van der Waals surface area contributed by atoms with Gasteiger partial charge in [0.2, 0.25) is 0 Å². The lowest BCUT2D eigenvalue weighted by atomic mass is 9.84. The van der Waals surface area contributed by atoms with E-state index in [0.717, 1.165) is 102 Å². The molecule has 8 aromatic rings. The van der Waals surface area contributed by atoms with Gasteiger partial charge in [0.15, 0.2) is 11.6 Å². The Labute approximate surface area is 430 Å². The second-order valence-electron chi connectivity index (χ2n) is 19.8. The maximum Gasteiger partial charge on any atom is 0.153 e. The van der Waals surface area contributed by atoms with Crippen LogP contribution in [0.2, 0.25) is 0 Å². The van der Waals surface area contributed by atoms with Crippen molar-refractivity contribution >= 4 is 22.7 Å². The standard InChI is InChI=1S/C28H32FN7O.C23H22FN5O.C5H12N2/c1-18-16-35(14-13-31-18)20-9-7-19(8-10-20)28-34-25(26-27(30)32-17-33-36(26)28)23-12-11-22(15-24(23)29)37-21-5-3-2-4-6-21;24-19-13-17(30-16-9-5-2-6-10-16)11-12-18(19)20-21-22(25)26-14-27-29(21)23(28-20)15-7-3-1-4-8-15;1-5-4-6-2-3-7-5/h2-6,11-12,15,17-20,31H,7-10,13-14,16H2,1H3,(H2,30,32,33);2,5-6,9-15H,1,3-4,7-8H2,(H2,25,26,27);5-7H,2-4H2,1H3/t18-,19?,20?;;5-/m0.0/s1. The van der Waals surface area contributed by atoms with Crippen molar-refractivity contribution in [3.8, 4) is 45.5 Å². The van der Waals surface area contributed by atoms with Crippen molar-refractivity contribution in [2.45, 2.75) is 102 Å². The van der Waals surface area contributed by atoms with Crippen LogP contribution in [0.5, 0.6) is 23.0 Å². The SMILES string of the molecule is C[C@H]1CN(C2CCC(c3nc(-c4ccc(Oc5ccccc5)cc4F)c4c(N)ncnn34)CC2)CCN1.C[C@H]1CNCCN1.Nc1ncnn2c(C3CCCCC3)nc(-c3ccc(Oc4ccccc4)cc3F)c12. The molecule has 12 rings (SSSR count). The Morgan fingerprint density at radius 2 is 1.08 bits per heavy atom. The summed E-state index contributed by atoms with van der Waals surface area (Å²) >= 11 is 0. The molecule has 7 N–H and O–H groups in total. The van der Waals surface area contributed by atoms with E-state index in [1.807, 2.05) is 60.7 Å². The first kappa shape index (κ1) is 50.4. The molecule has 74 heavy (non-hydrogen) atoms. The lowest BCUT2D eigenvalue weighted by Gasteiger charge is -2.40. The van der Waals surface area contributed by atoms with E-state index in [1.54, 1.807) is 33.3 Å². The van der Waals surface area contributed by atoms with E-state index in [2.05, 4.69) is 54.9 Å². The normalized spacial score (nSPS) is 20.5. The average molecular weight is 1010 g/mol. The molecular formula is C56H66F2N14O2. The lowest BCUT2D eigenvalue weighted by molar-refractivity contribution is 0.114. The van der Waals surface area contributed by atoms with Gasteiger partial charge in [-0.05, 0) is 101 Å². The first-order chi connectivity index (χ1) is 36.2. The molecule has 4 fully saturated rings. The third-order valence-corrected chi connectivity index (χ3v) is 14.5. The Balaban J connectivity index is 0.000000152. The summed E-state index contributed by atoms with van der Waals surface area (Å²) in [4.78, 5) is 20.7. The summed E-state index contributed by atoms with van der Waals surface area (Å²) in [5, 5.41) is 19.0. The minimum Gasteiger partial charge on any atom is -0.457 e. The molecule has 386 valence electrons. The molecule has 2 saturated carbocycles. The van der Waals surface area contributed by atoms with Crippen molar-refractivity contribution in [1.29, 1.82) is 0 Å². The van der Waals surface area contributed by atoms with Crippen molar-refractivity contribution in [2.24, 2.45) is 0 Å². The summed E-state index contributed by atoms with van der Waals surface area (Å²) in [6, 6.07) is 30.0. The fraction of sp³-hybridized carbons (Fsp3) is 0.393. The monoisotopic (exact) mass is 1000 g/mol. The number of nitrogens with two attached hydrogens (primary N) is 2. The topological polar surface area (TPSA) is 196 Å². The highest BCUT2D eigenvalue weighted by Gasteiger charge is 2.33. The van der Waals surface area contributed by atoms with Crippen molar-refractivity contribution in [3.63, 3.8) is 0 Å². The summed E-state index contributed by atoms with van der Waals surface area (Å²) in [6.07, 6.45) is 12.8. The van der Waals surface area contributed by atoms with Gasteiger partial charge in [-0.1, -0.05) is 55.7 Å². The van der Waals surface area contributed by atoms with Crippen LogP contribution in [0.1, 0.15) is 95.1 Å². The summed E-state index contributed by atoms with van der Waals surface area (Å²) in [6.45, 7) is 11.1. The van der Waals surface area contributed by atoms with Crippen LogP contribution in [0.3, 0.4) is 0 Å². The molecule has 0 unspecified atom stereocenters. The van der Waals surface area contributed by atoms with Gasteiger partial charge in [-0.2, -0.15) is 10.2 Å². The molecule has 2 aliphatic heterocycles. The Morgan fingerprint density at radius 3 is 1.54 bits per heavy atom. The minimum atomic E-state index is -0.431. The number of ether oxygens (including phenoxy) is 2. The second kappa shape index (κ2) is 23.4. The number of para-hydroxylation sites is 2. The third kappa shape index (κ3) is 11.6. The molecule has 6 heterocycles. The molecule has 2 saturated heterocycles. The number of anilines is 2. The van der Waals surface area contributed by atoms with Gasteiger partial charge >= 0.3 is 0 Å². The number of nitrogen functional groups attached to an aromatic ring is 2. The number of imidazole rings is 2. The fourth-order valence-corrected chi connectivity index (χ4v) is 10.8. The molecule has 2 aliphatic carbocycles. The number of piperazine rings is 2. The van der Waals surface area contributed by atoms with Crippen molar-refractivity contribution < 1.29 is 18.3 Å². The van der Waals surface area contributed by atoms with Crippen molar-refractivity contribution in [3.05, 3.63) is 133 Å². The molecular weight excluding hydrogens is 939 g/mol. The predicted octanol–water partition coefficient (Wildman–Crippen LogP) is 9.55. The summed E-state index contributed by atoms with van der Waals surface area (Å²) in [5.74, 6) is 4.03. The van der Waals surface area contributed by atoms with Gasteiger partial charge in [0, 0.05) is 92.5 Å². The van der Waals surface area contributed by atoms with E-state index < -0.39 is 11.6 Å². The van der Waals surface area contributed by atoms with Crippen LogP contribution >= 0.6 is 0 Å². The van der Waals surface area contributed by atoms with E-state index in [1.165, 1.54) is 31.2 Å². The molecule has 4 aromatic carbocycles. The van der Waals surface area contributed by atoms with Gasteiger partial charge in [0.05, 0.1) is 0 Å². The fourth-order valence-electron chi connectivity index (χ4n) is 10.8. The van der Waals surface area contributed by atoms with E-state index in [0.29, 0.717) is 80.5 Å². The van der Waals surface area contributed by atoms with Gasteiger partial charge in [-0.25, -0.2) is 37.7 Å². The van der Waals surface area contributed by atoms with E-state index >= 15 is 8.78 Å². The van der Waals surface area contributed by atoms with E-state index in [-0.39, 0.29) is 17.7 Å². The van der Waals surface area contributed by atoms with Gasteiger partial charge in [0.25, 0.3) is 0 Å². The largest absolute Gasteiger partial charge is 0.457 e. The number of hydrogen-bond donors (Lipinski definition) is 5. The average Bonchev–Trinajstić information content (AvgIpc) is 4.01. The molecule has 4 aromatic heterocycles. The molecule has 0 amide bonds. The number of rotatable bonds is 9. The number of hydrogen-bond acceptors (Lipinski definition) is 14. The van der Waals surface area contributed by atoms with Gasteiger partial charge in [0.1, 0.15) is 81.4 Å². The smallest absolute Gasteiger partial charge is 0.153 e. The predicted molar refractivity (Wildman–Crippen MR) is 284 cm³/mol. The Bertz CT molecular complexity index is 3120. The first-order valence-corrected chi connectivity index (χ1v) is 26.1. The molecule has 4 aliphatic rings. The lowest BCUT2D eigenvalue weighted by Crippen LogP contribution is -2.53. The zero-order valence-electron chi connectivity index (χ0n) is 42.1. The Kier molecular flexibility index (Phi) is 15.9. The number of benzene rings is 4. The molecule has 0 bridgehead atoms. The molecule has 2 atom stereocenters. The highest BCUT2D eigenvalue weighted by molar-refractivity contribution is 5.86. The summed E-state index contributed by atoms with van der Waals surface area (Å²) in [7, 11) is 0. The quantitative estimate of drug-likeness (QED) is 0.0917. The maximum absolute atomic E-state index is 15.4. The summed E-state index contributed by atoms with van der Waals surface area (Å²) in [5.41, 5.74) is 15.2. The molecule has 0 spiro atoms. The minimum absolute atomic E-state index is 0.232. The zero-order chi connectivity index (χ0) is 51.0. The van der Waals surface area contributed by atoms with Crippen LogP contribution in [0.15, 0.2) is 110 Å². The van der Waals surface area contributed by atoms with Crippen LogP contribution in [-0.4, -0.2) is 101 Å². The Hall–Kier alpha value is -7.12. The van der Waals surface area contributed by atoms with Gasteiger partial charge in [-0.3, -0.25) is 4.90 Å². The zero-order valence-corrected chi connectivity index (χ0v) is 42.1. The number of nitrogens with one attached hydrogen (secondary N) is 3. The second-order valence-corrected chi connectivity index (χ2v) is 19.8. The van der Waals surface area contributed by atoms with Crippen LogP contribution in [0.25, 0.3) is 33.5 Å². The van der Waals surface area contributed by atoms with E-state index in [4.69, 9.17) is 30.9 Å². The third-order valence-electron chi connectivity index (χ3n) is 14.5. The van der Waals surface area contributed by atoms with Gasteiger partial charge < -0.3 is 36.9 Å². The van der Waals surface area contributed by atoms with Crippen molar-refractivity contribution in [1.82, 2.24) is 60.0 Å². The molecule has 18 heteroatoms.